The first-order valence-corrected chi connectivity index (χ1v) is 9.00. The average molecular weight is 378 g/mol. The Morgan fingerprint density at radius 2 is 2.08 bits per heavy atom. The second-order valence-corrected chi connectivity index (χ2v) is 6.91. The maximum Gasteiger partial charge on any atom is 0.331 e. The lowest BCUT2D eigenvalue weighted by atomic mass is 10.1. The summed E-state index contributed by atoms with van der Waals surface area (Å²) in [5, 5.41) is 2.58. The summed E-state index contributed by atoms with van der Waals surface area (Å²) in [6, 6.07) is 7.64. The summed E-state index contributed by atoms with van der Waals surface area (Å²) in [7, 11) is 0. The van der Waals surface area contributed by atoms with Crippen molar-refractivity contribution in [3.05, 3.63) is 41.5 Å². The van der Waals surface area contributed by atoms with Gasteiger partial charge in [-0.2, -0.15) is 0 Å². The first kappa shape index (κ1) is 19.1. The summed E-state index contributed by atoms with van der Waals surface area (Å²) < 4.78 is 5.39. The third kappa shape index (κ3) is 6.32. The minimum atomic E-state index is -0.594. The number of thioether (sulfide) groups is 1. The van der Waals surface area contributed by atoms with Gasteiger partial charge in [-0.15, -0.1) is 0 Å². The molecule has 25 heavy (non-hydrogen) atoms. The average Bonchev–Trinajstić information content (AvgIpc) is 2.91. The van der Waals surface area contributed by atoms with E-state index in [9.17, 15) is 14.4 Å². The highest BCUT2D eigenvalue weighted by molar-refractivity contribution is 8.23. The van der Waals surface area contributed by atoms with Crippen molar-refractivity contribution in [2.45, 2.75) is 6.92 Å². The van der Waals surface area contributed by atoms with Crippen LogP contribution in [-0.2, 0) is 19.1 Å². The molecule has 0 radical (unpaired) electrons. The molecule has 2 amide bonds. The summed E-state index contributed by atoms with van der Waals surface area (Å²) in [5.74, 6) is -0.736. The molecule has 1 aromatic rings. The molecule has 132 valence electrons. The van der Waals surface area contributed by atoms with Gasteiger partial charge in [0.25, 0.3) is 5.91 Å². The van der Waals surface area contributed by atoms with Crippen LogP contribution < -0.4 is 5.32 Å². The van der Waals surface area contributed by atoms with E-state index < -0.39 is 11.9 Å². The Morgan fingerprint density at radius 1 is 1.36 bits per heavy atom. The van der Waals surface area contributed by atoms with Crippen molar-refractivity contribution in [1.29, 1.82) is 0 Å². The molecule has 0 unspecified atom stereocenters. The van der Waals surface area contributed by atoms with E-state index in [1.807, 2.05) is 31.2 Å². The molecular weight excluding hydrogens is 360 g/mol. The number of ether oxygens (including phenoxy) is 1. The first-order valence-electron chi connectivity index (χ1n) is 7.61. The predicted molar refractivity (Wildman–Crippen MR) is 101 cm³/mol. The van der Waals surface area contributed by atoms with Gasteiger partial charge in [0, 0.05) is 19.2 Å². The molecule has 0 saturated carbocycles. The molecule has 1 aromatic carbocycles. The van der Waals surface area contributed by atoms with Crippen LogP contribution in [0.1, 0.15) is 11.1 Å². The lowest BCUT2D eigenvalue weighted by molar-refractivity contribution is -0.143. The standard InChI is InChI=1S/C17H18N2O4S2/c1-12-2-4-13(5-3-12)6-7-16(22)23-10-14(20)18-8-9-19-15(21)11-25-17(19)24/h2-7H,8-11H2,1H3,(H,18,20)/b7-6+. The van der Waals surface area contributed by atoms with E-state index >= 15 is 0 Å². The number of hydrogen-bond acceptors (Lipinski definition) is 6. The number of carbonyl (C=O) groups is 3. The summed E-state index contributed by atoms with van der Waals surface area (Å²) in [6.45, 7) is 2.18. The molecule has 1 fully saturated rings. The van der Waals surface area contributed by atoms with Crippen LogP contribution in [0.3, 0.4) is 0 Å². The zero-order chi connectivity index (χ0) is 18.2. The van der Waals surface area contributed by atoms with Crippen LogP contribution in [0.25, 0.3) is 6.08 Å². The third-order valence-corrected chi connectivity index (χ3v) is 4.77. The second kappa shape index (κ2) is 9.33. The number of benzene rings is 1. The maximum atomic E-state index is 11.6. The van der Waals surface area contributed by atoms with Crippen LogP contribution in [0.5, 0.6) is 0 Å². The smallest absolute Gasteiger partial charge is 0.331 e. The topological polar surface area (TPSA) is 75.7 Å². The number of amides is 2. The van der Waals surface area contributed by atoms with Gasteiger partial charge >= 0.3 is 5.97 Å². The Balaban J connectivity index is 1.65. The number of nitrogens with one attached hydrogen (secondary N) is 1. The number of rotatable bonds is 7. The second-order valence-electron chi connectivity index (χ2n) is 5.30. The largest absolute Gasteiger partial charge is 0.452 e. The lowest BCUT2D eigenvalue weighted by Gasteiger charge is -2.14. The van der Waals surface area contributed by atoms with Crippen molar-refractivity contribution >= 4 is 52.2 Å². The molecule has 0 aliphatic carbocycles. The van der Waals surface area contributed by atoms with Gasteiger partial charge in [0.15, 0.2) is 6.61 Å². The maximum absolute atomic E-state index is 11.6. The van der Waals surface area contributed by atoms with Crippen molar-refractivity contribution in [3.8, 4) is 0 Å². The molecule has 6 nitrogen and oxygen atoms in total. The summed E-state index contributed by atoms with van der Waals surface area (Å²) in [6.07, 6.45) is 2.90. The monoisotopic (exact) mass is 378 g/mol. The third-order valence-electron chi connectivity index (χ3n) is 3.33. The molecule has 1 aliphatic rings. The zero-order valence-corrected chi connectivity index (χ0v) is 15.3. The quantitative estimate of drug-likeness (QED) is 0.441. The fourth-order valence-corrected chi connectivity index (χ4v) is 3.10. The highest BCUT2D eigenvalue weighted by atomic mass is 32.2. The van der Waals surface area contributed by atoms with Crippen molar-refractivity contribution in [2.24, 2.45) is 0 Å². The van der Waals surface area contributed by atoms with E-state index in [1.54, 1.807) is 6.08 Å². The molecule has 1 N–H and O–H groups in total. The van der Waals surface area contributed by atoms with Crippen LogP contribution in [0.4, 0.5) is 0 Å². The van der Waals surface area contributed by atoms with Crippen LogP contribution in [-0.4, -0.2) is 52.5 Å². The lowest BCUT2D eigenvalue weighted by Crippen LogP contribution is -2.38. The first-order chi connectivity index (χ1) is 12.0. The normalized spacial score (nSPS) is 14.2. The number of carbonyl (C=O) groups excluding carboxylic acids is 3. The number of aryl methyl sites for hydroxylation is 1. The molecule has 0 atom stereocenters. The molecule has 8 heteroatoms. The van der Waals surface area contributed by atoms with Gasteiger partial charge in [0.05, 0.1) is 5.75 Å². The van der Waals surface area contributed by atoms with Crippen molar-refractivity contribution in [2.75, 3.05) is 25.4 Å². The minimum absolute atomic E-state index is 0.0584. The van der Waals surface area contributed by atoms with E-state index in [0.717, 1.165) is 11.1 Å². The van der Waals surface area contributed by atoms with Gasteiger partial charge in [-0.25, -0.2) is 4.79 Å². The zero-order valence-electron chi connectivity index (χ0n) is 13.7. The van der Waals surface area contributed by atoms with Crippen LogP contribution >= 0.6 is 24.0 Å². The molecule has 0 bridgehead atoms. The number of hydrogen-bond donors (Lipinski definition) is 1. The molecule has 1 aliphatic heterocycles. The Bertz CT molecular complexity index is 685. The van der Waals surface area contributed by atoms with E-state index in [0.29, 0.717) is 16.6 Å². The molecule has 0 aromatic heterocycles. The number of esters is 1. The van der Waals surface area contributed by atoms with Crippen molar-refractivity contribution < 1.29 is 19.1 Å². The van der Waals surface area contributed by atoms with Crippen LogP contribution in [0.15, 0.2) is 30.3 Å². The van der Waals surface area contributed by atoms with Crippen LogP contribution in [0.2, 0.25) is 0 Å². The Labute approximate surface area is 155 Å². The van der Waals surface area contributed by atoms with Crippen LogP contribution in [0, 0.1) is 6.92 Å². The molecule has 1 saturated heterocycles. The Kier molecular flexibility index (Phi) is 7.15. The fraction of sp³-hybridized carbons (Fsp3) is 0.294. The van der Waals surface area contributed by atoms with E-state index in [1.165, 1.54) is 22.7 Å². The summed E-state index contributed by atoms with van der Waals surface area (Å²) in [5.41, 5.74) is 2.00. The van der Waals surface area contributed by atoms with Crippen molar-refractivity contribution in [1.82, 2.24) is 10.2 Å². The van der Waals surface area contributed by atoms with E-state index in [2.05, 4.69) is 5.32 Å². The van der Waals surface area contributed by atoms with E-state index in [-0.39, 0.29) is 19.1 Å². The predicted octanol–water partition coefficient (Wildman–Crippen LogP) is 1.53. The highest BCUT2D eigenvalue weighted by Crippen LogP contribution is 2.18. The fourth-order valence-electron chi connectivity index (χ4n) is 1.98. The summed E-state index contributed by atoms with van der Waals surface area (Å²) >= 11 is 6.35. The van der Waals surface area contributed by atoms with Gasteiger partial charge in [-0.05, 0) is 18.6 Å². The number of thiocarbonyl (C=S) groups is 1. The Hall–Kier alpha value is -2.19. The summed E-state index contributed by atoms with van der Waals surface area (Å²) in [4.78, 5) is 36.2. The Morgan fingerprint density at radius 3 is 2.72 bits per heavy atom. The van der Waals surface area contributed by atoms with Gasteiger partial charge in [-0.1, -0.05) is 53.8 Å². The SMILES string of the molecule is Cc1ccc(/C=C/C(=O)OCC(=O)NCCN2C(=O)CSC2=S)cc1. The molecule has 2 rings (SSSR count). The molecule has 1 heterocycles. The van der Waals surface area contributed by atoms with Gasteiger partial charge in [0.2, 0.25) is 5.91 Å². The van der Waals surface area contributed by atoms with Crippen molar-refractivity contribution in [3.63, 3.8) is 0 Å². The highest BCUT2D eigenvalue weighted by Gasteiger charge is 2.25. The minimum Gasteiger partial charge on any atom is -0.452 e. The molecule has 0 spiro atoms. The van der Waals surface area contributed by atoms with E-state index in [4.69, 9.17) is 17.0 Å². The van der Waals surface area contributed by atoms with Gasteiger partial charge < -0.3 is 10.1 Å². The van der Waals surface area contributed by atoms with Gasteiger partial charge in [-0.3, -0.25) is 14.5 Å². The number of nitrogens with zero attached hydrogens (tertiary/aromatic N) is 1. The molecular formula is C17H18N2O4S2. The van der Waals surface area contributed by atoms with Gasteiger partial charge in [0.1, 0.15) is 4.32 Å².